The van der Waals surface area contributed by atoms with E-state index in [1.807, 2.05) is 25.1 Å². The van der Waals surface area contributed by atoms with Crippen molar-refractivity contribution >= 4 is 16.6 Å². The maximum Gasteiger partial charge on any atom is 0.0725 e. The van der Waals surface area contributed by atoms with Gasteiger partial charge in [-0.25, -0.2) is 0 Å². The third-order valence-corrected chi connectivity index (χ3v) is 2.68. The summed E-state index contributed by atoms with van der Waals surface area (Å²) in [6.07, 6.45) is 1.01. The van der Waals surface area contributed by atoms with Crippen molar-refractivity contribution in [2.75, 3.05) is 25.6 Å². The van der Waals surface area contributed by atoms with Crippen molar-refractivity contribution in [1.29, 1.82) is 0 Å². The molecule has 2 aromatic rings. The smallest absolute Gasteiger partial charge is 0.0725 e. The molecule has 0 radical (unpaired) electrons. The van der Waals surface area contributed by atoms with E-state index in [-0.39, 0.29) is 12.4 Å². The van der Waals surface area contributed by atoms with E-state index in [0.29, 0.717) is 0 Å². The molecular weight excluding hydrogens is 248 g/mol. The van der Waals surface area contributed by atoms with Crippen LogP contribution in [0.15, 0.2) is 30.3 Å². The Kier molecular flexibility index (Phi) is 5.89. The lowest BCUT2D eigenvalue weighted by Gasteiger charge is -2.10. The molecule has 0 bridgehead atoms. The second-order valence-corrected chi connectivity index (χ2v) is 4.10. The predicted molar refractivity (Wildman–Crippen MR) is 71.5 cm³/mol. The van der Waals surface area contributed by atoms with E-state index < -0.39 is 0 Å². The van der Waals surface area contributed by atoms with Gasteiger partial charge in [0.1, 0.15) is 0 Å². The number of para-hydroxylation sites is 1. The number of halogens is 1. The van der Waals surface area contributed by atoms with Gasteiger partial charge in [-0.15, -0.1) is 0 Å². The Labute approximate surface area is 114 Å². The molecule has 3 nitrogen and oxygen atoms in total. The molecule has 18 heavy (non-hydrogen) atoms. The van der Waals surface area contributed by atoms with Gasteiger partial charge < -0.3 is 22.5 Å². The Hall–Kier alpha value is -1.32. The average molecular weight is 266 g/mol. The molecule has 0 fully saturated rings. The van der Waals surface area contributed by atoms with Crippen LogP contribution in [-0.2, 0) is 4.74 Å². The van der Waals surface area contributed by atoms with Crippen LogP contribution in [-0.4, -0.2) is 25.2 Å². The van der Waals surface area contributed by atoms with Gasteiger partial charge in [0.05, 0.1) is 5.52 Å². The monoisotopic (exact) mass is 265 g/mol. The average Bonchev–Trinajstić information content (AvgIpc) is 2.34. The second-order valence-electron chi connectivity index (χ2n) is 4.10. The quantitative estimate of drug-likeness (QED) is 0.773. The standard InChI is InChI=1S/C14H18N2O.ClH/c1-11-10-14(15-8-5-9-17-2)12-6-3-4-7-13(12)16-11;/h3-4,6-7,10H,5,8-9H2,1-2H3,(H,15,16);1H/p-1. The van der Waals surface area contributed by atoms with Crippen LogP contribution in [0, 0.1) is 6.92 Å². The van der Waals surface area contributed by atoms with Gasteiger partial charge in [0.15, 0.2) is 0 Å². The van der Waals surface area contributed by atoms with E-state index in [0.717, 1.165) is 36.5 Å². The van der Waals surface area contributed by atoms with Crippen molar-refractivity contribution in [2.45, 2.75) is 13.3 Å². The lowest BCUT2D eigenvalue weighted by molar-refractivity contribution is -0.00000398. The minimum Gasteiger partial charge on any atom is -1.00 e. The zero-order valence-corrected chi connectivity index (χ0v) is 11.5. The summed E-state index contributed by atoms with van der Waals surface area (Å²) in [6.45, 7) is 3.73. The number of fused-ring (bicyclic) bond motifs is 1. The van der Waals surface area contributed by atoms with Gasteiger partial charge in [-0.05, 0) is 25.5 Å². The number of pyridine rings is 1. The molecule has 0 atom stereocenters. The molecule has 0 amide bonds. The summed E-state index contributed by atoms with van der Waals surface area (Å²) in [5.41, 5.74) is 3.24. The highest BCUT2D eigenvalue weighted by molar-refractivity contribution is 5.91. The molecule has 0 saturated heterocycles. The lowest BCUT2D eigenvalue weighted by Crippen LogP contribution is -3.00. The fraction of sp³-hybridized carbons (Fsp3) is 0.357. The Bertz CT molecular complexity index is 502. The minimum absolute atomic E-state index is 0. The van der Waals surface area contributed by atoms with Gasteiger partial charge in [-0.1, -0.05) is 18.2 Å². The summed E-state index contributed by atoms with van der Waals surface area (Å²) in [7, 11) is 1.73. The zero-order valence-electron chi connectivity index (χ0n) is 10.7. The molecule has 1 aromatic carbocycles. The van der Waals surface area contributed by atoms with Crippen molar-refractivity contribution in [3.05, 3.63) is 36.0 Å². The molecule has 0 aliphatic heterocycles. The molecule has 1 N–H and O–H groups in total. The van der Waals surface area contributed by atoms with Gasteiger partial charge in [-0.3, -0.25) is 4.98 Å². The summed E-state index contributed by atoms with van der Waals surface area (Å²) >= 11 is 0. The van der Waals surface area contributed by atoms with E-state index in [2.05, 4.69) is 22.4 Å². The van der Waals surface area contributed by atoms with Crippen LogP contribution in [0.2, 0.25) is 0 Å². The maximum atomic E-state index is 5.04. The number of hydrogen-bond donors (Lipinski definition) is 1. The third kappa shape index (κ3) is 3.59. The molecule has 98 valence electrons. The fourth-order valence-electron chi connectivity index (χ4n) is 1.89. The van der Waals surface area contributed by atoms with Crippen LogP contribution in [0.3, 0.4) is 0 Å². The Balaban J connectivity index is 0.00000162. The van der Waals surface area contributed by atoms with Crippen molar-refractivity contribution < 1.29 is 17.1 Å². The molecular formula is C14H18ClN2O-. The highest BCUT2D eigenvalue weighted by Gasteiger charge is 2.02. The molecule has 1 aromatic heterocycles. The van der Waals surface area contributed by atoms with Gasteiger partial charge >= 0.3 is 0 Å². The molecule has 0 saturated carbocycles. The number of ether oxygens (including phenoxy) is 1. The first-order chi connectivity index (χ1) is 8.31. The highest BCUT2D eigenvalue weighted by atomic mass is 35.5. The first-order valence-electron chi connectivity index (χ1n) is 5.90. The van der Waals surface area contributed by atoms with Gasteiger partial charge in [0, 0.05) is 37.0 Å². The Morgan fingerprint density at radius 3 is 2.83 bits per heavy atom. The third-order valence-electron chi connectivity index (χ3n) is 2.68. The summed E-state index contributed by atoms with van der Waals surface area (Å²) in [4.78, 5) is 4.52. The van der Waals surface area contributed by atoms with Crippen LogP contribution in [0.4, 0.5) is 5.69 Å². The summed E-state index contributed by atoms with van der Waals surface area (Å²) in [5, 5.41) is 4.62. The number of rotatable bonds is 5. The molecule has 1 heterocycles. The number of aryl methyl sites for hydroxylation is 1. The number of methoxy groups -OCH3 is 1. The topological polar surface area (TPSA) is 34.1 Å². The zero-order chi connectivity index (χ0) is 12.1. The summed E-state index contributed by atoms with van der Waals surface area (Å²) in [6, 6.07) is 10.3. The van der Waals surface area contributed by atoms with E-state index in [4.69, 9.17) is 4.74 Å². The van der Waals surface area contributed by atoms with Crippen molar-refractivity contribution in [3.63, 3.8) is 0 Å². The number of hydrogen-bond acceptors (Lipinski definition) is 3. The number of anilines is 1. The SMILES string of the molecule is COCCCNc1cc(C)nc2ccccc12.[Cl-]. The maximum absolute atomic E-state index is 5.04. The van der Waals surface area contributed by atoms with Crippen molar-refractivity contribution in [3.8, 4) is 0 Å². The van der Waals surface area contributed by atoms with Crippen molar-refractivity contribution in [1.82, 2.24) is 4.98 Å². The van der Waals surface area contributed by atoms with Crippen LogP contribution in [0.25, 0.3) is 10.9 Å². The molecule has 2 rings (SSSR count). The summed E-state index contributed by atoms with van der Waals surface area (Å²) in [5.74, 6) is 0. The van der Waals surface area contributed by atoms with Gasteiger partial charge in [0.2, 0.25) is 0 Å². The number of nitrogens with zero attached hydrogens (tertiary/aromatic N) is 1. The minimum atomic E-state index is 0. The summed E-state index contributed by atoms with van der Waals surface area (Å²) < 4.78 is 5.04. The first-order valence-corrected chi connectivity index (χ1v) is 5.90. The van der Waals surface area contributed by atoms with Gasteiger partial charge in [-0.2, -0.15) is 0 Å². The van der Waals surface area contributed by atoms with Crippen LogP contribution >= 0.6 is 0 Å². The molecule has 0 aliphatic rings. The number of benzene rings is 1. The van der Waals surface area contributed by atoms with Crippen LogP contribution in [0.1, 0.15) is 12.1 Å². The van der Waals surface area contributed by atoms with E-state index >= 15 is 0 Å². The van der Waals surface area contributed by atoms with E-state index in [9.17, 15) is 0 Å². The normalized spacial score (nSPS) is 10.1. The molecule has 4 heteroatoms. The largest absolute Gasteiger partial charge is 1.00 e. The second kappa shape index (κ2) is 7.19. The molecule has 0 aliphatic carbocycles. The highest BCUT2D eigenvalue weighted by Crippen LogP contribution is 2.22. The van der Waals surface area contributed by atoms with Gasteiger partial charge in [0.25, 0.3) is 0 Å². The van der Waals surface area contributed by atoms with Crippen molar-refractivity contribution in [2.24, 2.45) is 0 Å². The Morgan fingerprint density at radius 1 is 1.28 bits per heavy atom. The number of nitrogens with one attached hydrogen (secondary N) is 1. The molecule has 0 unspecified atom stereocenters. The first kappa shape index (κ1) is 14.7. The van der Waals surface area contributed by atoms with Crippen LogP contribution < -0.4 is 17.7 Å². The lowest BCUT2D eigenvalue weighted by atomic mass is 10.1. The Morgan fingerprint density at radius 2 is 2.06 bits per heavy atom. The predicted octanol–water partition coefficient (Wildman–Crippen LogP) is -0.00438. The van der Waals surface area contributed by atoms with E-state index in [1.54, 1.807) is 7.11 Å². The number of aromatic nitrogens is 1. The molecule has 0 spiro atoms. The fourth-order valence-corrected chi connectivity index (χ4v) is 1.89. The van der Waals surface area contributed by atoms with Crippen LogP contribution in [0.5, 0.6) is 0 Å². The van der Waals surface area contributed by atoms with E-state index in [1.165, 1.54) is 5.39 Å².